The van der Waals surface area contributed by atoms with Crippen molar-refractivity contribution in [1.82, 2.24) is 15.2 Å². The van der Waals surface area contributed by atoms with E-state index in [4.69, 9.17) is 11.6 Å². The summed E-state index contributed by atoms with van der Waals surface area (Å²) in [5.74, 6) is -0.433. The lowest BCUT2D eigenvalue weighted by atomic mass is 10.1. The predicted molar refractivity (Wildman–Crippen MR) is 101 cm³/mol. The molecule has 25 heavy (non-hydrogen) atoms. The number of carbonyl (C=O) groups excluding carboxylic acids is 1. The van der Waals surface area contributed by atoms with Gasteiger partial charge in [0.25, 0.3) is 11.5 Å². The highest BCUT2D eigenvalue weighted by Crippen LogP contribution is 2.33. The molecule has 0 bridgehead atoms. The van der Waals surface area contributed by atoms with Gasteiger partial charge in [-0.15, -0.1) is 22.7 Å². The fraction of sp³-hybridized carbons (Fsp3) is 0. The first-order valence-corrected chi connectivity index (χ1v) is 9.19. The molecule has 0 aliphatic rings. The average Bonchev–Trinajstić information content (AvgIpc) is 3.24. The Balaban J connectivity index is 1.64. The zero-order chi connectivity index (χ0) is 17.4. The first-order chi connectivity index (χ1) is 12.1. The molecule has 6 nitrogen and oxygen atoms in total. The number of H-pyrrole nitrogens is 1. The van der Waals surface area contributed by atoms with Crippen molar-refractivity contribution in [2.45, 2.75) is 0 Å². The maximum absolute atomic E-state index is 12.5. The number of amides is 1. The van der Waals surface area contributed by atoms with Gasteiger partial charge in [0.2, 0.25) is 0 Å². The second kappa shape index (κ2) is 6.40. The van der Waals surface area contributed by atoms with Crippen LogP contribution in [0.5, 0.6) is 0 Å². The summed E-state index contributed by atoms with van der Waals surface area (Å²) in [4.78, 5) is 29.7. The van der Waals surface area contributed by atoms with Crippen molar-refractivity contribution in [2.75, 3.05) is 5.32 Å². The third-order valence-corrected chi connectivity index (χ3v) is 5.47. The van der Waals surface area contributed by atoms with E-state index in [9.17, 15) is 9.59 Å². The van der Waals surface area contributed by atoms with E-state index in [1.54, 1.807) is 30.3 Å². The van der Waals surface area contributed by atoms with Crippen molar-refractivity contribution in [3.8, 4) is 10.6 Å². The highest BCUT2D eigenvalue weighted by Gasteiger charge is 2.16. The lowest BCUT2D eigenvalue weighted by molar-refractivity contribution is 0.102. The highest BCUT2D eigenvalue weighted by atomic mass is 35.5. The van der Waals surface area contributed by atoms with Gasteiger partial charge in [-0.3, -0.25) is 14.9 Å². The summed E-state index contributed by atoms with van der Waals surface area (Å²) in [5, 5.41) is 12.1. The molecule has 0 radical (unpaired) electrons. The zero-order valence-corrected chi connectivity index (χ0v) is 14.8. The maximum atomic E-state index is 12.5. The van der Waals surface area contributed by atoms with Gasteiger partial charge in [0, 0.05) is 10.8 Å². The number of thiazole rings is 1. The van der Waals surface area contributed by atoms with Crippen LogP contribution in [0.4, 0.5) is 5.13 Å². The van der Waals surface area contributed by atoms with Gasteiger partial charge in [0.1, 0.15) is 0 Å². The van der Waals surface area contributed by atoms with E-state index in [0.717, 1.165) is 10.6 Å². The predicted octanol–water partition coefficient (Wildman–Crippen LogP) is 4.01. The van der Waals surface area contributed by atoms with E-state index in [1.165, 1.54) is 22.7 Å². The van der Waals surface area contributed by atoms with Gasteiger partial charge in [-0.05, 0) is 18.2 Å². The molecule has 9 heteroatoms. The van der Waals surface area contributed by atoms with Crippen LogP contribution in [0.2, 0.25) is 4.34 Å². The number of halogens is 1. The van der Waals surface area contributed by atoms with Crippen molar-refractivity contribution in [1.29, 1.82) is 0 Å². The summed E-state index contributed by atoms with van der Waals surface area (Å²) in [7, 11) is 0. The number of carbonyl (C=O) groups is 1. The van der Waals surface area contributed by atoms with Crippen molar-refractivity contribution in [2.24, 2.45) is 0 Å². The minimum absolute atomic E-state index is 0.145. The fourth-order valence-electron chi connectivity index (χ4n) is 2.34. The van der Waals surface area contributed by atoms with E-state index >= 15 is 0 Å². The molecular formula is C16H9ClN4O2S2. The molecule has 1 aromatic carbocycles. The molecule has 0 spiro atoms. The fourth-order valence-corrected chi connectivity index (χ4v) is 4.12. The number of benzene rings is 1. The number of hydrogen-bond acceptors (Lipinski definition) is 6. The minimum Gasteiger partial charge on any atom is -0.296 e. The van der Waals surface area contributed by atoms with Gasteiger partial charge in [-0.1, -0.05) is 29.8 Å². The zero-order valence-electron chi connectivity index (χ0n) is 12.4. The summed E-state index contributed by atoms with van der Waals surface area (Å²) >= 11 is 8.66. The Bertz CT molecular complexity index is 1150. The molecule has 0 atom stereocenters. The highest BCUT2D eigenvalue weighted by molar-refractivity contribution is 7.20. The molecule has 0 fully saturated rings. The Morgan fingerprint density at radius 2 is 1.96 bits per heavy atom. The van der Waals surface area contributed by atoms with Crippen LogP contribution in [-0.4, -0.2) is 21.1 Å². The number of thiophene rings is 1. The van der Waals surface area contributed by atoms with E-state index in [1.807, 2.05) is 11.4 Å². The van der Waals surface area contributed by atoms with Crippen molar-refractivity contribution in [3.05, 3.63) is 62.2 Å². The van der Waals surface area contributed by atoms with Crippen LogP contribution in [0.1, 0.15) is 10.5 Å². The molecule has 0 aliphatic carbocycles. The number of aromatic nitrogens is 3. The molecule has 1 amide bonds. The van der Waals surface area contributed by atoms with Crippen LogP contribution in [0.15, 0.2) is 46.6 Å². The number of aromatic amines is 1. The van der Waals surface area contributed by atoms with Crippen LogP contribution in [0, 0.1) is 0 Å². The maximum Gasteiger partial charge on any atom is 0.278 e. The van der Waals surface area contributed by atoms with Crippen LogP contribution >= 0.6 is 34.3 Å². The quantitative estimate of drug-likeness (QED) is 0.555. The molecule has 4 aromatic rings. The summed E-state index contributed by atoms with van der Waals surface area (Å²) in [6.07, 6.45) is 0. The van der Waals surface area contributed by atoms with E-state index in [-0.39, 0.29) is 11.3 Å². The van der Waals surface area contributed by atoms with Crippen LogP contribution in [0.3, 0.4) is 0 Å². The molecule has 124 valence electrons. The van der Waals surface area contributed by atoms with Gasteiger partial charge in [-0.2, -0.15) is 5.10 Å². The number of anilines is 1. The Labute approximate surface area is 154 Å². The second-order valence-electron chi connectivity index (χ2n) is 5.04. The number of hydrogen-bond donors (Lipinski definition) is 2. The normalized spacial score (nSPS) is 10.9. The first kappa shape index (κ1) is 15.9. The molecule has 0 unspecified atom stereocenters. The molecule has 4 rings (SSSR count). The standard InChI is InChI=1S/C16H9ClN4O2S2/c17-12-6-5-11(25-12)10-7-24-16(18-10)19-15(23)13-8-3-1-2-4-9(8)14(22)21-20-13/h1-7H,(H,21,22)(H,18,19,23). The monoisotopic (exact) mass is 388 g/mol. The van der Waals surface area contributed by atoms with Gasteiger partial charge >= 0.3 is 0 Å². The minimum atomic E-state index is -0.433. The van der Waals surface area contributed by atoms with Gasteiger partial charge < -0.3 is 0 Å². The lowest BCUT2D eigenvalue weighted by Crippen LogP contribution is -2.19. The van der Waals surface area contributed by atoms with E-state index in [2.05, 4.69) is 20.5 Å². The van der Waals surface area contributed by atoms with Crippen molar-refractivity contribution in [3.63, 3.8) is 0 Å². The lowest BCUT2D eigenvalue weighted by Gasteiger charge is -2.04. The third-order valence-electron chi connectivity index (χ3n) is 3.46. The summed E-state index contributed by atoms with van der Waals surface area (Å²) in [6.45, 7) is 0. The molecule has 0 saturated heterocycles. The number of nitrogens with zero attached hydrogens (tertiary/aromatic N) is 2. The van der Waals surface area contributed by atoms with E-state index in [0.29, 0.717) is 20.2 Å². The van der Waals surface area contributed by atoms with Crippen molar-refractivity contribution >= 4 is 56.1 Å². The molecular weight excluding hydrogens is 380 g/mol. The molecule has 3 aromatic heterocycles. The summed E-state index contributed by atoms with van der Waals surface area (Å²) in [5.41, 5.74) is 0.556. The average molecular weight is 389 g/mol. The first-order valence-electron chi connectivity index (χ1n) is 7.12. The molecule has 2 N–H and O–H groups in total. The van der Waals surface area contributed by atoms with Gasteiger partial charge in [0.05, 0.1) is 20.3 Å². The molecule has 0 saturated carbocycles. The Kier molecular flexibility index (Phi) is 4.08. The largest absolute Gasteiger partial charge is 0.296 e. The van der Waals surface area contributed by atoms with Crippen molar-refractivity contribution < 1.29 is 4.79 Å². The molecule has 0 aliphatic heterocycles. The Morgan fingerprint density at radius 3 is 2.72 bits per heavy atom. The van der Waals surface area contributed by atoms with Crippen LogP contribution in [-0.2, 0) is 0 Å². The summed E-state index contributed by atoms with van der Waals surface area (Å²) < 4.78 is 0.678. The number of rotatable bonds is 3. The Morgan fingerprint density at radius 1 is 1.16 bits per heavy atom. The smallest absolute Gasteiger partial charge is 0.278 e. The van der Waals surface area contributed by atoms with Gasteiger partial charge in [0.15, 0.2) is 10.8 Å². The van der Waals surface area contributed by atoms with E-state index < -0.39 is 5.91 Å². The third kappa shape index (κ3) is 3.07. The SMILES string of the molecule is O=C(Nc1nc(-c2ccc(Cl)s2)cs1)c1n[nH]c(=O)c2ccccc12. The number of fused-ring (bicyclic) bond motifs is 1. The summed E-state index contributed by atoms with van der Waals surface area (Å²) in [6, 6.07) is 10.5. The van der Waals surface area contributed by atoms with Crippen LogP contribution in [0.25, 0.3) is 21.3 Å². The van der Waals surface area contributed by atoms with Crippen LogP contribution < -0.4 is 10.9 Å². The number of nitrogens with one attached hydrogen (secondary N) is 2. The van der Waals surface area contributed by atoms with Gasteiger partial charge in [-0.25, -0.2) is 10.1 Å². The molecule has 3 heterocycles. The topological polar surface area (TPSA) is 87.7 Å². The second-order valence-corrected chi connectivity index (χ2v) is 7.62. The Hall–Kier alpha value is -2.55.